The molecule has 0 amide bonds. The molecule has 0 aromatic heterocycles. The molecule has 2 aliphatic rings. The van der Waals surface area contributed by atoms with Crippen molar-refractivity contribution in [2.24, 2.45) is 0 Å². The molecule has 4 aromatic rings. The van der Waals surface area contributed by atoms with Gasteiger partial charge in [0.15, 0.2) is 0 Å². The summed E-state index contributed by atoms with van der Waals surface area (Å²) in [6.07, 6.45) is 0. The third-order valence-corrected chi connectivity index (χ3v) is 7.94. The Morgan fingerprint density at radius 3 is 1.63 bits per heavy atom. The highest BCUT2D eigenvalue weighted by molar-refractivity contribution is 5.64. The van der Waals surface area contributed by atoms with Gasteiger partial charge in [-0.3, -0.25) is 4.90 Å². The van der Waals surface area contributed by atoms with Crippen molar-refractivity contribution in [2.75, 3.05) is 26.2 Å². The lowest BCUT2D eigenvalue weighted by molar-refractivity contribution is 0.0683. The molecule has 0 bridgehead atoms. The van der Waals surface area contributed by atoms with Crippen LogP contribution in [0.15, 0.2) is 134 Å². The molecule has 0 spiro atoms. The number of fused-ring (bicyclic) bond motifs is 1. The van der Waals surface area contributed by atoms with Crippen molar-refractivity contribution >= 4 is 0 Å². The molecule has 0 aliphatic carbocycles. The van der Waals surface area contributed by atoms with Gasteiger partial charge in [-0.1, -0.05) is 122 Å². The summed E-state index contributed by atoms with van der Waals surface area (Å²) in [5.74, 6) is 0. The van der Waals surface area contributed by atoms with Gasteiger partial charge in [-0.15, -0.1) is 0 Å². The van der Waals surface area contributed by atoms with Crippen molar-refractivity contribution in [2.45, 2.75) is 19.1 Å². The maximum Gasteiger partial charge on any atom is 0.0809 e. The SMILES string of the molecule is C=C1C2CN(Cc3ccc(-c4ccccc4)cc3)CCN2C(=C)CN1Cc1ccc(-c2ccccc2)cc1. The fourth-order valence-electron chi connectivity index (χ4n) is 5.77. The predicted octanol–water partition coefficient (Wildman–Crippen LogP) is 7.05. The van der Waals surface area contributed by atoms with E-state index >= 15 is 0 Å². The highest BCUT2D eigenvalue weighted by Crippen LogP contribution is 2.31. The lowest BCUT2D eigenvalue weighted by atomic mass is 10.00. The van der Waals surface area contributed by atoms with Gasteiger partial charge in [-0.05, 0) is 33.4 Å². The lowest BCUT2D eigenvalue weighted by Gasteiger charge is -2.51. The Kier molecular flexibility index (Phi) is 6.85. The second kappa shape index (κ2) is 10.7. The molecule has 6 rings (SSSR count). The molecule has 3 nitrogen and oxygen atoms in total. The average Bonchev–Trinajstić information content (AvgIpc) is 2.97. The van der Waals surface area contributed by atoms with Gasteiger partial charge < -0.3 is 9.80 Å². The van der Waals surface area contributed by atoms with Crippen molar-refractivity contribution in [1.82, 2.24) is 14.7 Å². The number of hydrogen-bond donors (Lipinski definition) is 0. The maximum absolute atomic E-state index is 4.58. The van der Waals surface area contributed by atoms with Gasteiger partial charge in [0.05, 0.1) is 12.6 Å². The number of rotatable bonds is 6. The van der Waals surface area contributed by atoms with Crippen LogP contribution >= 0.6 is 0 Å². The van der Waals surface area contributed by atoms with Gasteiger partial charge in [0.1, 0.15) is 0 Å². The van der Waals surface area contributed by atoms with Gasteiger partial charge in [0.25, 0.3) is 0 Å². The smallest absolute Gasteiger partial charge is 0.0809 e. The summed E-state index contributed by atoms with van der Waals surface area (Å²) in [5, 5.41) is 0. The largest absolute Gasteiger partial charge is 0.363 e. The fraction of sp³-hybridized carbons (Fsp3) is 0.200. The first-order valence-electron chi connectivity index (χ1n) is 13.5. The number of hydrogen-bond acceptors (Lipinski definition) is 3. The molecule has 4 aromatic carbocycles. The van der Waals surface area contributed by atoms with Gasteiger partial charge in [0, 0.05) is 44.1 Å². The van der Waals surface area contributed by atoms with Crippen LogP contribution in [0.4, 0.5) is 0 Å². The van der Waals surface area contributed by atoms with E-state index in [4.69, 9.17) is 0 Å². The zero-order valence-corrected chi connectivity index (χ0v) is 22.0. The lowest BCUT2D eigenvalue weighted by Crippen LogP contribution is -2.58. The minimum Gasteiger partial charge on any atom is -0.363 e. The molecule has 38 heavy (non-hydrogen) atoms. The average molecular weight is 498 g/mol. The van der Waals surface area contributed by atoms with Gasteiger partial charge in [-0.2, -0.15) is 0 Å². The standard InChI is InChI=1S/C35H35N3/c1-27-23-37(25-30-15-19-34(20-16-30)32-11-7-4-8-12-32)28(2)35-26-36(21-22-38(27)35)24-29-13-17-33(18-14-29)31-9-5-3-6-10-31/h3-20,35H,1-2,21-26H2. The van der Waals surface area contributed by atoms with Gasteiger partial charge >= 0.3 is 0 Å². The van der Waals surface area contributed by atoms with Crippen LogP contribution < -0.4 is 0 Å². The molecule has 1 unspecified atom stereocenters. The van der Waals surface area contributed by atoms with E-state index < -0.39 is 0 Å². The first kappa shape index (κ1) is 24.3. The van der Waals surface area contributed by atoms with E-state index in [2.05, 4.69) is 137 Å². The van der Waals surface area contributed by atoms with E-state index in [1.165, 1.54) is 44.8 Å². The van der Waals surface area contributed by atoms with Crippen molar-refractivity contribution < 1.29 is 0 Å². The summed E-state index contributed by atoms with van der Waals surface area (Å²) in [6.45, 7) is 14.7. The Morgan fingerprint density at radius 2 is 1.08 bits per heavy atom. The van der Waals surface area contributed by atoms with Crippen LogP contribution in [-0.4, -0.2) is 46.9 Å². The third kappa shape index (κ3) is 5.16. The van der Waals surface area contributed by atoms with E-state index in [1.807, 2.05) is 0 Å². The Labute approximate surface area is 227 Å². The monoisotopic (exact) mass is 497 g/mol. The van der Waals surface area contributed by atoms with Crippen LogP contribution in [0.25, 0.3) is 22.3 Å². The van der Waals surface area contributed by atoms with E-state index in [1.54, 1.807) is 0 Å². The summed E-state index contributed by atoms with van der Waals surface area (Å²) < 4.78 is 0. The van der Waals surface area contributed by atoms with E-state index in [0.29, 0.717) is 0 Å². The number of nitrogens with zero attached hydrogens (tertiary/aromatic N) is 3. The molecule has 190 valence electrons. The minimum atomic E-state index is 0.275. The van der Waals surface area contributed by atoms with E-state index in [0.717, 1.165) is 39.3 Å². The van der Waals surface area contributed by atoms with Crippen molar-refractivity contribution in [3.05, 3.63) is 145 Å². The summed E-state index contributed by atoms with van der Waals surface area (Å²) in [7, 11) is 0. The van der Waals surface area contributed by atoms with Crippen LogP contribution in [0.5, 0.6) is 0 Å². The van der Waals surface area contributed by atoms with Crippen molar-refractivity contribution in [3.63, 3.8) is 0 Å². The number of piperazine rings is 2. The summed E-state index contributed by atoms with van der Waals surface area (Å²) in [5.41, 5.74) is 10.1. The maximum atomic E-state index is 4.58. The van der Waals surface area contributed by atoms with Crippen LogP contribution in [-0.2, 0) is 13.1 Å². The molecule has 3 heteroatoms. The third-order valence-electron chi connectivity index (χ3n) is 7.94. The van der Waals surface area contributed by atoms with Gasteiger partial charge in [-0.25, -0.2) is 0 Å². The Balaban J connectivity index is 1.10. The predicted molar refractivity (Wildman–Crippen MR) is 158 cm³/mol. The molecule has 1 atom stereocenters. The second-order valence-corrected chi connectivity index (χ2v) is 10.5. The molecule has 2 fully saturated rings. The summed E-state index contributed by atoms with van der Waals surface area (Å²) >= 11 is 0. The quantitative estimate of drug-likeness (QED) is 0.283. The molecule has 0 N–H and O–H groups in total. The first-order chi connectivity index (χ1) is 18.6. The molecule has 2 saturated heterocycles. The Bertz CT molecular complexity index is 1390. The molecule has 2 heterocycles. The summed E-state index contributed by atoms with van der Waals surface area (Å²) in [4.78, 5) is 7.46. The van der Waals surface area contributed by atoms with Crippen LogP contribution in [0.2, 0.25) is 0 Å². The molecular weight excluding hydrogens is 462 g/mol. The zero-order valence-electron chi connectivity index (χ0n) is 22.0. The topological polar surface area (TPSA) is 9.72 Å². The van der Waals surface area contributed by atoms with Crippen LogP contribution in [0.1, 0.15) is 11.1 Å². The molecule has 2 aliphatic heterocycles. The number of benzene rings is 4. The van der Waals surface area contributed by atoms with E-state index in [9.17, 15) is 0 Å². The van der Waals surface area contributed by atoms with Crippen LogP contribution in [0, 0.1) is 0 Å². The summed E-state index contributed by atoms with van der Waals surface area (Å²) in [6, 6.07) is 39.4. The highest BCUT2D eigenvalue weighted by Gasteiger charge is 2.36. The second-order valence-electron chi connectivity index (χ2n) is 10.5. The zero-order chi connectivity index (χ0) is 25.9. The van der Waals surface area contributed by atoms with E-state index in [-0.39, 0.29) is 6.04 Å². The molecule has 0 radical (unpaired) electrons. The highest BCUT2D eigenvalue weighted by atomic mass is 15.4. The van der Waals surface area contributed by atoms with Gasteiger partial charge in [0.2, 0.25) is 0 Å². The fourth-order valence-corrected chi connectivity index (χ4v) is 5.77. The molecule has 0 saturated carbocycles. The Morgan fingerprint density at radius 1 is 0.579 bits per heavy atom. The van der Waals surface area contributed by atoms with Crippen molar-refractivity contribution in [1.29, 1.82) is 0 Å². The molecular formula is C35H35N3. The van der Waals surface area contributed by atoms with Crippen LogP contribution in [0.3, 0.4) is 0 Å². The van der Waals surface area contributed by atoms with Crippen molar-refractivity contribution in [3.8, 4) is 22.3 Å². The first-order valence-corrected chi connectivity index (χ1v) is 13.5. The Hall–Kier alpha value is -4.08. The normalized spacial score (nSPS) is 17.9. The minimum absolute atomic E-state index is 0.275.